The maximum absolute atomic E-state index is 12.3. The molecule has 0 saturated carbocycles. The van der Waals surface area contributed by atoms with E-state index >= 15 is 0 Å². The van der Waals surface area contributed by atoms with Crippen molar-refractivity contribution >= 4 is 11.6 Å². The van der Waals surface area contributed by atoms with Gasteiger partial charge in [0.2, 0.25) is 0 Å². The number of carbonyl (C=O) groups excluding carboxylic acids is 2. The van der Waals surface area contributed by atoms with Crippen LogP contribution in [-0.4, -0.2) is 11.6 Å². The molecule has 0 fully saturated rings. The van der Waals surface area contributed by atoms with Gasteiger partial charge in [-0.1, -0.05) is 74.5 Å². The van der Waals surface area contributed by atoms with Crippen LogP contribution in [0.4, 0.5) is 0 Å². The van der Waals surface area contributed by atoms with Gasteiger partial charge in [-0.2, -0.15) is 0 Å². The molecule has 0 aromatic heterocycles. The molecule has 0 aliphatic rings. The fourth-order valence-electron chi connectivity index (χ4n) is 2.52. The average Bonchev–Trinajstić information content (AvgIpc) is 2.55. The highest BCUT2D eigenvalue weighted by molar-refractivity contribution is 6.00. The number of rotatable bonds is 6. The predicted molar refractivity (Wildman–Crippen MR) is 84.5 cm³/mol. The van der Waals surface area contributed by atoms with E-state index in [2.05, 4.69) is 0 Å². The zero-order chi connectivity index (χ0) is 15.2. The Morgan fingerprint density at radius 2 is 1.05 bits per heavy atom. The average molecular weight is 280 g/mol. The van der Waals surface area contributed by atoms with Crippen molar-refractivity contribution in [1.82, 2.24) is 0 Å². The van der Waals surface area contributed by atoms with E-state index in [1.165, 1.54) is 0 Å². The van der Waals surface area contributed by atoms with Crippen LogP contribution in [0.2, 0.25) is 0 Å². The summed E-state index contributed by atoms with van der Waals surface area (Å²) >= 11 is 0. The molecular weight excluding hydrogens is 260 g/mol. The summed E-state index contributed by atoms with van der Waals surface area (Å²) in [4.78, 5) is 24.7. The number of benzene rings is 2. The summed E-state index contributed by atoms with van der Waals surface area (Å²) in [5.74, 6) is -0.114. The minimum Gasteiger partial charge on any atom is -0.294 e. The molecule has 0 saturated heterocycles. The topological polar surface area (TPSA) is 34.1 Å². The summed E-state index contributed by atoms with van der Waals surface area (Å²) in [6, 6.07) is 18.5. The molecule has 2 nitrogen and oxygen atoms in total. The molecule has 0 heterocycles. The first-order chi connectivity index (χ1) is 10.1. The molecule has 0 amide bonds. The second kappa shape index (κ2) is 6.98. The molecular formula is C19H20O2. The molecule has 108 valence electrons. The highest BCUT2D eigenvalue weighted by Crippen LogP contribution is 2.20. The number of carbonyl (C=O) groups is 2. The van der Waals surface area contributed by atoms with Gasteiger partial charge in [-0.15, -0.1) is 0 Å². The predicted octanol–water partition coefficient (Wildman–Crippen LogP) is 4.41. The molecule has 2 rings (SSSR count). The first kappa shape index (κ1) is 15.2. The van der Waals surface area contributed by atoms with Crippen molar-refractivity contribution in [2.24, 2.45) is 11.8 Å². The first-order valence-electron chi connectivity index (χ1n) is 7.28. The van der Waals surface area contributed by atoms with Crippen LogP contribution in [0.1, 0.15) is 41.0 Å². The van der Waals surface area contributed by atoms with E-state index in [-0.39, 0.29) is 23.4 Å². The van der Waals surface area contributed by atoms with Crippen molar-refractivity contribution in [2.45, 2.75) is 20.3 Å². The normalized spacial score (nSPS) is 13.4. The van der Waals surface area contributed by atoms with Gasteiger partial charge in [0, 0.05) is 23.0 Å². The van der Waals surface area contributed by atoms with Gasteiger partial charge in [-0.3, -0.25) is 9.59 Å². The summed E-state index contributed by atoms with van der Waals surface area (Å²) in [5, 5.41) is 0. The molecule has 21 heavy (non-hydrogen) atoms. The van der Waals surface area contributed by atoms with Crippen molar-refractivity contribution in [3.63, 3.8) is 0 Å². The summed E-state index contributed by atoms with van der Waals surface area (Å²) in [6.07, 6.45) is 0.571. The fourth-order valence-corrected chi connectivity index (χ4v) is 2.52. The maximum Gasteiger partial charge on any atom is 0.165 e. The van der Waals surface area contributed by atoms with Crippen LogP contribution >= 0.6 is 0 Å². The second-order valence-electron chi connectivity index (χ2n) is 5.50. The van der Waals surface area contributed by atoms with Crippen LogP contribution in [-0.2, 0) is 0 Å². The minimum absolute atomic E-state index is 0.100. The highest BCUT2D eigenvalue weighted by Gasteiger charge is 2.22. The lowest BCUT2D eigenvalue weighted by atomic mass is 9.87. The van der Waals surface area contributed by atoms with Gasteiger partial charge >= 0.3 is 0 Å². The molecule has 2 unspecified atom stereocenters. The fraction of sp³-hybridized carbons (Fsp3) is 0.263. The van der Waals surface area contributed by atoms with Crippen molar-refractivity contribution < 1.29 is 9.59 Å². The Bertz CT molecular complexity index is 546. The molecule has 0 N–H and O–H groups in total. The van der Waals surface area contributed by atoms with Gasteiger partial charge in [0.15, 0.2) is 11.6 Å². The Kier molecular flexibility index (Phi) is 5.04. The van der Waals surface area contributed by atoms with E-state index in [9.17, 15) is 9.59 Å². The van der Waals surface area contributed by atoms with Gasteiger partial charge in [-0.25, -0.2) is 0 Å². The van der Waals surface area contributed by atoms with Crippen molar-refractivity contribution in [3.8, 4) is 0 Å². The third-order valence-electron chi connectivity index (χ3n) is 3.72. The van der Waals surface area contributed by atoms with Gasteiger partial charge in [-0.05, 0) is 6.42 Å². The number of ketones is 2. The van der Waals surface area contributed by atoms with E-state index in [0.717, 1.165) is 0 Å². The molecule has 2 atom stereocenters. The molecule has 0 radical (unpaired) electrons. The van der Waals surface area contributed by atoms with Crippen LogP contribution in [0.5, 0.6) is 0 Å². The van der Waals surface area contributed by atoms with Gasteiger partial charge < -0.3 is 0 Å². The summed E-state index contributed by atoms with van der Waals surface area (Å²) in [5.41, 5.74) is 1.42. The molecule has 2 aromatic carbocycles. The SMILES string of the molecule is CC(CC(C)C(=O)c1ccccc1)C(=O)c1ccccc1. The van der Waals surface area contributed by atoms with E-state index in [1.807, 2.05) is 74.5 Å². The Balaban J connectivity index is 2.01. The van der Waals surface area contributed by atoms with Crippen LogP contribution in [0.3, 0.4) is 0 Å². The Morgan fingerprint density at radius 1 is 0.714 bits per heavy atom. The Morgan fingerprint density at radius 3 is 1.38 bits per heavy atom. The van der Waals surface area contributed by atoms with E-state index in [0.29, 0.717) is 17.5 Å². The Labute approximate surface area is 125 Å². The first-order valence-corrected chi connectivity index (χ1v) is 7.28. The number of hydrogen-bond donors (Lipinski definition) is 0. The lowest BCUT2D eigenvalue weighted by molar-refractivity contribution is 0.0866. The van der Waals surface area contributed by atoms with E-state index < -0.39 is 0 Å². The van der Waals surface area contributed by atoms with Crippen LogP contribution in [0.25, 0.3) is 0 Å². The Hall–Kier alpha value is -2.22. The van der Waals surface area contributed by atoms with E-state index in [1.54, 1.807) is 0 Å². The largest absolute Gasteiger partial charge is 0.294 e. The molecule has 2 heteroatoms. The summed E-state index contributed by atoms with van der Waals surface area (Å²) < 4.78 is 0. The highest BCUT2D eigenvalue weighted by atomic mass is 16.1. The van der Waals surface area contributed by atoms with Crippen molar-refractivity contribution in [3.05, 3.63) is 71.8 Å². The molecule has 0 bridgehead atoms. The second-order valence-corrected chi connectivity index (χ2v) is 5.50. The monoisotopic (exact) mass is 280 g/mol. The molecule has 0 aliphatic carbocycles. The van der Waals surface area contributed by atoms with Gasteiger partial charge in [0.1, 0.15) is 0 Å². The van der Waals surface area contributed by atoms with Gasteiger partial charge in [0.05, 0.1) is 0 Å². The number of hydrogen-bond acceptors (Lipinski definition) is 2. The standard InChI is InChI=1S/C19H20O2/c1-14(18(20)16-9-5-3-6-10-16)13-15(2)19(21)17-11-7-4-8-12-17/h3-12,14-15H,13H2,1-2H3. The van der Waals surface area contributed by atoms with Gasteiger partial charge in [0.25, 0.3) is 0 Å². The van der Waals surface area contributed by atoms with Crippen molar-refractivity contribution in [1.29, 1.82) is 0 Å². The van der Waals surface area contributed by atoms with E-state index in [4.69, 9.17) is 0 Å². The smallest absolute Gasteiger partial charge is 0.165 e. The summed E-state index contributed by atoms with van der Waals surface area (Å²) in [6.45, 7) is 3.79. The minimum atomic E-state index is -0.157. The summed E-state index contributed by atoms with van der Waals surface area (Å²) in [7, 11) is 0. The zero-order valence-corrected chi connectivity index (χ0v) is 12.5. The lowest BCUT2D eigenvalue weighted by Gasteiger charge is -2.15. The van der Waals surface area contributed by atoms with Crippen molar-refractivity contribution in [2.75, 3.05) is 0 Å². The molecule has 2 aromatic rings. The lowest BCUT2D eigenvalue weighted by Crippen LogP contribution is -2.19. The van der Waals surface area contributed by atoms with Crippen LogP contribution in [0, 0.1) is 11.8 Å². The third-order valence-corrected chi connectivity index (χ3v) is 3.72. The quantitative estimate of drug-likeness (QED) is 0.734. The third kappa shape index (κ3) is 3.88. The molecule has 0 spiro atoms. The van der Waals surface area contributed by atoms with Crippen LogP contribution < -0.4 is 0 Å². The molecule has 0 aliphatic heterocycles. The maximum atomic E-state index is 12.3. The number of Topliss-reactive ketones (excluding diaryl/α,β-unsaturated/α-hetero) is 2. The van der Waals surface area contributed by atoms with Crippen LogP contribution in [0.15, 0.2) is 60.7 Å². The zero-order valence-electron chi connectivity index (χ0n) is 12.5.